The summed E-state index contributed by atoms with van der Waals surface area (Å²) < 4.78 is 11.2. The minimum absolute atomic E-state index is 0.133. The highest BCUT2D eigenvalue weighted by molar-refractivity contribution is 8.00. The molecule has 1 aliphatic carbocycles. The molecule has 1 N–H and O–H groups in total. The van der Waals surface area contributed by atoms with Gasteiger partial charge in [0.25, 0.3) is 0 Å². The number of esters is 1. The van der Waals surface area contributed by atoms with E-state index in [1.807, 2.05) is 24.3 Å². The molecule has 0 bridgehead atoms. The van der Waals surface area contributed by atoms with Crippen LogP contribution in [0, 0.1) is 0 Å². The number of aromatic nitrogens is 2. The quantitative estimate of drug-likeness (QED) is 0.236. The Morgan fingerprint density at radius 1 is 1.22 bits per heavy atom. The molecular formula is C23H21N3O4S2. The molecule has 3 aromatic heterocycles. The molecule has 1 aromatic carbocycles. The highest BCUT2D eigenvalue weighted by Gasteiger charge is 2.27. The Morgan fingerprint density at radius 3 is 2.94 bits per heavy atom. The number of aryl methyl sites for hydroxylation is 1. The number of hydrogen-bond acceptors (Lipinski definition) is 8. The first kappa shape index (κ1) is 21.0. The van der Waals surface area contributed by atoms with E-state index in [2.05, 4.69) is 15.3 Å². The van der Waals surface area contributed by atoms with Crippen LogP contribution in [0.2, 0.25) is 0 Å². The Labute approximate surface area is 192 Å². The number of thioether (sulfide) groups is 1. The van der Waals surface area contributed by atoms with Crippen LogP contribution in [0.25, 0.3) is 22.1 Å². The molecule has 0 spiro atoms. The van der Waals surface area contributed by atoms with Crippen LogP contribution in [0.4, 0.5) is 5.00 Å². The SMILES string of the molecule is CCOC(=O)c1c(NC(=O)CSc2ncnc3c2oc2ccccc23)sc2c1CCCC2. The highest BCUT2D eigenvalue weighted by atomic mass is 32.2. The van der Waals surface area contributed by atoms with E-state index in [1.165, 1.54) is 34.3 Å². The number of fused-ring (bicyclic) bond motifs is 4. The number of furan rings is 1. The van der Waals surface area contributed by atoms with Crippen molar-refractivity contribution in [3.05, 3.63) is 46.6 Å². The summed E-state index contributed by atoms with van der Waals surface area (Å²) in [5.74, 6) is -0.440. The van der Waals surface area contributed by atoms with Crippen LogP contribution in [-0.2, 0) is 22.4 Å². The summed E-state index contributed by atoms with van der Waals surface area (Å²) in [4.78, 5) is 35.2. The molecule has 0 fully saturated rings. The maximum atomic E-state index is 12.8. The van der Waals surface area contributed by atoms with Crippen molar-refractivity contribution in [3.63, 3.8) is 0 Å². The molecule has 0 saturated heterocycles. The van der Waals surface area contributed by atoms with Gasteiger partial charge in [0.15, 0.2) is 5.58 Å². The van der Waals surface area contributed by atoms with Gasteiger partial charge in [-0.3, -0.25) is 4.79 Å². The molecule has 4 aromatic rings. The average Bonchev–Trinajstić information content (AvgIpc) is 3.36. The molecular weight excluding hydrogens is 446 g/mol. The third kappa shape index (κ3) is 3.86. The molecule has 1 aliphatic rings. The zero-order valence-electron chi connectivity index (χ0n) is 17.5. The van der Waals surface area contributed by atoms with E-state index < -0.39 is 0 Å². The highest BCUT2D eigenvalue weighted by Crippen LogP contribution is 2.39. The second-order valence-corrected chi connectivity index (χ2v) is 9.50. The van der Waals surface area contributed by atoms with Crippen molar-refractivity contribution in [1.82, 2.24) is 9.97 Å². The number of carbonyl (C=O) groups is 2. The van der Waals surface area contributed by atoms with Crippen molar-refractivity contribution in [2.45, 2.75) is 37.6 Å². The van der Waals surface area contributed by atoms with Crippen LogP contribution in [0.15, 0.2) is 40.0 Å². The summed E-state index contributed by atoms with van der Waals surface area (Å²) in [6, 6.07) is 7.67. The smallest absolute Gasteiger partial charge is 0.341 e. The van der Waals surface area contributed by atoms with Gasteiger partial charge in [-0.15, -0.1) is 11.3 Å². The number of nitrogens with one attached hydrogen (secondary N) is 1. The Balaban J connectivity index is 1.36. The first-order valence-electron chi connectivity index (χ1n) is 10.5. The summed E-state index contributed by atoms with van der Waals surface area (Å²) in [5, 5.41) is 5.04. The standard InChI is InChI=1S/C23H21N3O4S2/c1-2-29-23(28)18-14-8-4-6-10-16(14)32-21(18)26-17(27)11-31-22-20-19(24-12-25-22)13-7-3-5-9-15(13)30-20/h3,5,7,9,12H,2,4,6,8,10-11H2,1H3,(H,26,27). The fourth-order valence-electron chi connectivity index (χ4n) is 3.98. The fraction of sp³-hybridized carbons (Fsp3) is 0.304. The maximum Gasteiger partial charge on any atom is 0.341 e. The summed E-state index contributed by atoms with van der Waals surface area (Å²) in [6.07, 6.45) is 5.40. The van der Waals surface area contributed by atoms with E-state index in [4.69, 9.17) is 9.15 Å². The molecule has 9 heteroatoms. The van der Waals surface area contributed by atoms with Gasteiger partial charge in [-0.05, 0) is 50.3 Å². The normalized spacial score (nSPS) is 13.3. The third-order valence-electron chi connectivity index (χ3n) is 5.37. The van der Waals surface area contributed by atoms with Crippen molar-refractivity contribution in [1.29, 1.82) is 0 Å². The Kier molecular flexibility index (Phi) is 5.84. The number of ether oxygens (including phenoxy) is 1. The predicted molar refractivity (Wildman–Crippen MR) is 126 cm³/mol. The molecule has 0 saturated carbocycles. The van der Waals surface area contributed by atoms with Gasteiger partial charge in [0.05, 0.1) is 17.9 Å². The number of benzene rings is 1. The van der Waals surface area contributed by atoms with Crippen LogP contribution >= 0.6 is 23.1 Å². The van der Waals surface area contributed by atoms with Crippen molar-refractivity contribution >= 4 is 62.0 Å². The van der Waals surface area contributed by atoms with Gasteiger partial charge in [-0.2, -0.15) is 0 Å². The van der Waals surface area contributed by atoms with E-state index in [1.54, 1.807) is 6.92 Å². The van der Waals surface area contributed by atoms with Crippen molar-refractivity contribution in [2.75, 3.05) is 17.7 Å². The largest absolute Gasteiger partial charge is 0.462 e. The van der Waals surface area contributed by atoms with E-state index in [9.17, 15) is 9.59 Å². The van der Waals surface area contributed by atoms with Crippen molar-refractivity contribution < 1.29 is 18.7 Å². The summed E-state index contributed by atoms with van der Waals surface area (Å²) in [5.41, 5.74) is 3.59. The number of thiophene rings is 1. The molecule has 0 unspecified atom stereocenters. The summed E-state index contributed by atoms with van der Waals surface area (Å²) >= 11 is 2.77. The van der Waals surface area contributed by atoms with E-state index in [0.717, 1.165) is 47.7 Å². The number of nitrogens with zero attached hydrogens (tertiary/aromatic N) is 2. The van der Waals surface area contributed by atoms with Gasteiger partial charge < -0.3 is 14.5 Å². The van der Waals surface area contributed by atoms with Gasteiger partial charge in [0.1, 0.15) is 27.5 Å². The molecule has 3 heterocycles. The number of carbonyl (C=O) groups excluding carboxylic acids is 2. The number of para-hydroxylation sites is 1. The molecule has 32 heavy (non-hydrogen) atoms. The molecule has 5 rings (SSSR count). The number of anilines is 1. The second-order valence-electron chi connectivity index (χ2n) is 7.43. The second kappa shape index (κ2) is 8.91. The lowest BCUT2D eigenvalue weighted by molar-refractivity contribution is -0.113. The topological polar surface area (TPSA) is 94.3 Å². The minimum Gasteiger partial charge on any atom is -0.462 e. The van der Waals surface area contributed by atoms with Gasteiger partial charge >= 0.3 is 5.97 Å². The summed E-state index contributed by atoms with van der Waals surface area (Å²) in [7, 11) is 0. The number of hydrogen-bond donors (Lipinski definition) is 1. The lowest BCUT2D eigenvalue weighted by atomic mass is 9.95. The molecule has 0 atom stereocenters. The third-order valence-corrected chi connectivity index (χ3v) is 7.55. The monoisotopic (exact) mass is 467 g/mol. The molecule has 164 valence electrons. The van der Waals surface area contributed by atoms with Crippen LogP contribution in [0.5, 0.6) is 0 Å². The van der Waals surface area contributed by atoms with Gasteiger partial charge in [0.2, 0.25) is 5.91 Å². The first-order valence-corrected chi connectivity index (χ1v) is 12.3. The van der Waals surface area contributed by atoms with Gasteiger partial charge in [-0.25, -0.2) is 14.8 Å². The predicted octanol–water partition coefficient (Wildman–Crippen LogP) is 5.22. The minimum atomic E-state index is -0.366. The number of amides is 1. The number of rotatable bonds is 6. The summed E-state index contributed by atoms with van der Waals surface area (Å²) in [6.45, 7) is 2.08. The molecule has 0 aliphatic heterocycles. The molecule has 7 nitrogen and oxygen atoms in total. The Bertz CT molecular complexity index is 1330. The van der Waals surface area contributed by atoms with Crippen LogP contribution in [0.1, 0.15) is 40.6 Å². The lowest BCUT2D eigenvalue weighted by Gasteiger charge is -2.12. The Morgan fingerprint density at radius 2 is 2.06 bits per heavy atom. The first-order chi connectivity index (χ1) is 15.7. The zero-order chi connectivity index (χ0) is 22.1. The molecule has 1 amide bonds. The Hall–Kier alpha value is -2.91. The zero-order valence-corrected chi connectivity index (χ0v) is 19.1. The fourth-order valence-corrected chi connectivity index (χ4v) is 6.00. The van der Waals surface area contributed by atoms with Crippen molar-refractivity contribution in [2.24, 2.45) is 0 Å². The van der Waals surface area contributed by atoms with Crippen molar-refractivity contribution in [3.8, 4) is 0 Å². The molecule has 0 radical (unpaired) electrons. The van der Waals surface area contributed by atoms with Gasteiger partial charge in [0, 0.05) is 10.3 Å². The van der Waals surface area contributed by atoms with E-state index in [-0.39, 0.29) is 17.6 Å². The average molecular weight is 468 g/mol. The lowest BCUT2D eigenvalue weighted by Crippen LogP contribution is -2.17. The van der Waals surface area contributed by atoms with E-state index in [0.29, 0.717) is 27.8 Å². The van der Waals surface area contributed by atoms with E-state index >= 15 is 0 Å². The van der Waals surface area contributed by atoms with Gasteiger partial charge in [-0.1, -0.05) is 23.9 Å². The maximum absolute atomic E-state index is 12.8. The van der Waals surface area contributed by atoms with Crippen LogP contribution < -0.4 is 5.32 Å². The van der Waals surface area contributed by atoms with Crippen LogP contribution in [-0.4, -0.2) is 34.2 Å². The van der Waals surface area contributed by atoms with Crippen LogP contribution in [0.3, 0.4) is 0 Å².